The molecule has 3 aromatic heterocycles. The molecule has 0 fully saturated rings. The number of H-pyrrole nitrogens is 1. The Morgan fingerprint density at radius 1 is 1.09 bits per heavy atom. The fourth-order valence-electron chi connectivity index (χ4n) is 5.04. The molecule has 0 amide bonds. The molecule has 5 aromatic rings. The standard InChI is InChI=1S/C27H26N6O2/c1-17-13-20-15-22(27(34)28-23(20)14-18(17)2)25(32-11-5-8-19-7-3-4-10-24(19)32)26-29-30-31-33(26)16-21-9-6-12-35-21/h3-4,6-7,9-10,12-15,25H,5,8,11,16H2,1-2H3,(H,28,34)/t25-/m0/s1. The summed E-state index contributed by atoms with van der Waals surface area (Å²) in [4.78, 5) is 19.0. The van der Waals surface area contributed by atoms with Crippen molar-refractivity contribution in [1.82, 2.24) is 25.2 Å². The molecule has 176 valence electrons. The van der Waals surface area contributed by atoms with Gasteiger partial charge in [0.1, 0.15) is 18.3 Å². The van der Waals surface area contributed by atoms with Crippen LogP contribution in [0.25, 0.3) is 10.9 Å². The summed E-state index contributed by atoms with van der Waals surface area (Å²) < 4.78 is 7.28. The summed E-state index contributed by atoms with van der Waals surface area (Å²) in [6.07, 6.45) is 3.62. The van der Waals surface area contributed by atoms with E-state index >= 15 is 0 Å². The summed E-state index contributed by atoms with van der Waals surface area (Å²) in [5.74, 6) is 1.35. The predicted octanol–water partition coefficient (Wildman–Crippen LogP) is 4.31. The molecule has 0 spiro atoms. The van der Waals surface area contributed by atoms with Gasteiger partial charge in [-0.2, -0.15) is 0 Å². The number of aromatic amines is 1. The summed E-state index contributed by atoms with van der Waals surface area (Å²) in [6.45, 7) is 5.31. The van der Waals surface area contributed by atoms with Crippen LogP contribution in [0.3, 0.4) is 0 Å². The first-order valence-electron chi connectivity index (χ1n) is 11.9. The van der Waals surface area contributed by atoms with Gasteiger partial charge in [-0.3, -0.25) is 4.79 Å². The Morgan fingerprint density at radius 3 is 2.80 bits per heavy atom. The number of hydrogen-bond acceptors (Lipinski definition) is 6. The second-order valence-corrected chi connectivity index (χ2v) is 9.18. The fraction of sp³-hybridized carbons (Fsp3) is 0.259. The van der Waals surface area contributed by atoms with Crippen LogP contribution in [-0.2, 0) is 13.0 Å². The Bertz CT molecular complexity index is 1570. The Kier molecular flexibility index (Phi) is 5.21. The second-order valence-electron chi connectivity index (χ2n) is 9.18. The highest BCUT2D eigenvalue weighted by Gasteiger charge is 2.33. The molecule has 0 saturated heterocycles. The average molecular weight is 467 g/mol. The van der Waals surface area contributed by atoms with Crippen LogP contribution >= 0.6 is 0 Å². The van der Waals surface area contributed by atoms with E-state index in [0.717, 1.165) is 47.3 Å². The van der Waals surface area contributed by atoms with E-state index in [1.54, 1.807) is 10.9 Å². The molecule has 2 aromatic carbocycles. The van der Waals surface area contributed by atoms with Crippen LogP contribution in [0.5, 0.6) is 0 Å². The van der Waals surface area contributed by atoms with Crippen molar-refractivity contribution < 1.29 is 4.42 Å². The van der Waals surface area contributed by atoms with Gasteiger partial charge in [-0.25, -0.2) is 4.68 Å². The number of anilines is 1. The lowest BCUT2D eigenvalue weighted by Crippen LogP contribution is -2.38. The number of benzene rings is 2. The van der Waals surface area contributed by atoms with E-state index in [9.17, 15) is 4.79 Å². The van der Waals surface area contributed by atoms with Crippen LogP contribution in [0.2, 0.25) is 0 Å². The molecule has 1 N–H and O–H groups in total. The highest BCUT2D eigenvalue weighted by atomic mass is 16.3. The summed E-state index contributed by atoms with van der Waals surface area (Å²) in [5, 5.41) is 13.7. The van der Waals surface area contributed by atoms with Gasteiger partial charge in [0, 0.05) is 23.3 Å². The van der Waals surface area contributed by atoms with Crippen LogP contribution in [0, 0.1) is 13.8 Å². The van der Waals surface area contributed by atoms with Gasteiger partial charge in [-0.05, 0) is 95.6 Å². The predicted molar refractivity (Wildman–Crippen MR) is 134 cm³/mol. The van der Waals surface area contributed by atoms with Crippen LogP contribution in [0.4, 0.5) is 5.69 Å². The van der Waals surface area contributed by atoms with Crippen molar-refractivity contribution in [3.05, 3.63) is 105 Å². The number of nitrogens with zero attached hydrogens (tertiary/aromatic N) is 5. The number of para-hydroxylation sites is 1. The van der Waals surface area contributed by atoms with Crippen LogP contribution in [0.15, 0.2) is 70.1 Å². The minimum atomic E-state index is -0.462. The zero-order valence-electron chi connectivity index (χ0n) is 19.7. The van der Waals surface area contributed by atoms with Crippen LogP contribution < -0.4 is 10.5 Å². The Balaban J connectivity index is 1.56. The highest BCUT2D eigenvalue weighted by molar-refractivity contribution is 5.81. The number of pyridine rings is 1. The molecule has 0 saturated carbocycles. The van der Waals surface area contributed by atoms with Gasteiger partial charge in [-0.15, -0.1) is 5.10 Å². The maximum atomic E-state index is 13.6. The lowest BCUT2D eigenvalue weighted by molar-refractivity contribution is 0.461. The molecule has 0 aliphatic carbocycles. The minimum absolute atomic E-state index is 0.138. The normalized spacial score (nSPS) is 14.3. The maximum Gasteiger partial charge on any atom is 0.254 e. The first kappa shape index (κ1) is 21.3. The Hall–Kier alpha value is -4.20. The minimum Gasteiger partial charge on any atom is -0.467 e. The highest BCUT2D eigenvalue weighted by Crippen LogP contribution is 2.36. The number of tetrazole rings is 1. The van der Waals surface area contributed by atoms with E-state index in [-0.39, 0.29) is 5.56 Å². The van der Waals surface area contributed by atoms with Crippen molar-refractivity contribution in [1.29, 1.82) is 0 Å². The number of aromatic nitrogens is 5. The maximum absolute atomic E-state index is 13.6. The zero-order valence-corrected chi connectivity index (χ0v) is 19.7. The molecular weight excluding hydrogens is 440 g/mol. The number of rotatable bonds is 5. The van der Waals surface area contributed by atoms with E-state index < -0.39 is 6.04 Å². The topological polar surface area (TPSA) is 92.8 Å². The average Bonchev–Trinajstić information content (AvgIpc) is 3.54. The molecule has 1 atom stereocenters. The van der Waals surface area contributed by atoms with Crippen molar-refractivity contribution >= 4 is 16.6 Å². The van der Waals surface area contributed by atoms with Crippen molar-refractivity contribution in [3.63, 3.8) is 0 Å². The SMILES string of the molecule is Cc1cc2cc([C@@H](c3nnnn3Cc3ccco3)N3CCCc4ccccc43)c(=O)[nH]c2cc1C. The van der Waals surface area contributed by atoms with Crippen LogP contribution in [0.1, 0.15) is 46.3 Å². The lowest BCUT2D eigenvalue weighted by Gasteiger charge is -2.37. The van der Waals surface area contributed by atoms with Gasteiger partial charge in [-0.1, -0.05) is 18.2 Å². The first-order valence-corrected chi connectivity index (χ1v) is 11.9. The smallest absolute Gasteiger partial charge is 0.254 e. The third-order valence-electron chi connectivity index (χ3n) is 6.93. The van der Waals surface area contributed by atoms with Gasteiger partial charge >= 0.3 is 0 Å². The molecule has 1 aliphatic rings. The molecule has 1 aliphatic heterocycles. The van der Waals surface area contributed by atoms with Crippen LogP contribution in [-0.4, -0.2) is 31.7 Å². The molecule has 6 rings (SSSR count). The molecule has 35 heavy (non-hydrogen) atoms. The van der Waals surface area contributed by atoms with Gasteiger partial charge in [0.05, 0.1) is 6.26 Å². The zero-order chi connectivity index (χ0) is 23.9. The van der Waals surface area contributed by atoms with Gasteiger partial charge in [0.2, 0.25) is 0 Å². The number of fused-ring (bicyclic) bond motifs is 2. The van der Waals surface area contributed by atoms with E-state index in [4.69, 9.17) is 4.42 Å². The van der Waals surface area contributed by atoms with Crippen molar-refractivity contribution in [2.75, 3.05) is 11.4 Å². The largest absolute Gasteiger partial charge is 0.467 e. The lowest BCUT2D eigenvalue weighted by atomic mass is 9.96. The van der Waals surface area contributed by atoms with E-state index in [2.05, 4.69) is 63.5 Å². The molecule has 4 heterocycles. The fourth-order valence-corrected chi connectivity index (χ4v) is 5.04. The van der Waals surface area contributed by atoms with Crippen molar-refractivity contribution in [2.24, 2.45) is 0 Å². The summed E-state index contributed by atoms with van der Waals surface area (Å²) in [7, 11) is 0. The number of aryl methyl sites for hydroxylation is 3. The van der Waals surface area contributed by atoms with E-state index in [0.29, 0.717) is 17.9 Å². The van der Waals surface area contributed by atoms with Gasteiger partial charge < -0.3 is 14.3 Å². The summed E-state index contributed by atoms with van der Waals surface area (Å²) in [5.41, 5.74) is 6.00. The third-order valence-corrected chi connectivity index (χ3v) is 6.93. The van der Waals surface area contributed by atoms with Gasteiger partial charge in [0.25, 0.3) is 5.56 Å². The number of nitrogens with one attached hydrogen (secondary N) is 1. The molecular formula is C27H26N6O2. The molecule has 8 heteroatoms. The molecule has 0 bridgehead atoms. The monoisotopic (exact) mass is 466 g/mol. The second kappa shape index (κ2) is 8.54. The summed E-state index contributed by atoms with van der Waals surface area (Å²) >= 11 is 0. The molecule has 8 nitrogen and oxygen atoms in total. The van der Waals surface area contributed by atoms with E-state index in [1.165, 1.54) is 11.1 Å². The number of hydrogen-bond donors (Lipinski definition) is 1. The van der Waals surface area contributed by atoms with Crippen molar-refractivity contribution in [3.8, 4) is 0 Å². The Morgan fingerprint density at radius 2 is 1.94 bits per heavy atom. The van der Waals surface area contributed by atoms with Gasteiger partial charge in [0.15, 0.2) is 5.82 Å². The molecule has 0 radical (unpaired) electrons. The number of furan rings is 1. The van der Waals surface area contributed by atoms with E-state index in [1.807, 2.05) is 30.3 Å². The first-order chi connectivity index (χ1) is 17.1. The van der Waals surface area contributed by atoms with Crippen molar-refractivity contribution in [2.45, 2.75) is 39.3 Å². The quantitative estimate of drug-likeness (QED) is 0.415. The third kappa shape index (κ3) is 3.80. The molecule has 0 unspecified atom stereocenters. The Labute approximate surface area is 202 Å². The summed E-state index contributed by atoms with van der Waals surface area (Å²) in [6, 6.07) is 17.8.